The Morgan fingerprint density at radius 3 is 1.51 bits per heavy atom. The molecule has 1 aliphatic rings. The Hall–Kier alpha value is -6.51. The number of alkyl halides is 6. The van der Waals surface area contributed by atoms with Crippen molar-refractivity contribution in [2.24, 2.45) is 0 Å². The Balaban J connectivity index is 1.77. The fourth-order valence-electron chi connectivity index (χ4n) is 5.81. The zero-order valence-electron chi connectivity index (χ0n) is 28.9. The molecule has 0 saturated carbocycles. The molecule has 4 aromatic rings. The highest BCUT2D eigenvalue weighted by molar-refractivity contribution is 5.89. The Morgan fingerprint density at radius 1 is 0.660 bits per heavy atom. The van der Waals surface area contributed by atoms with Crippen molar-refractivity contribution in [1.29, 1.82) is 15.8 Å². The molecule has 0 aliphatic carbocycles. The van der Waals surface area contributed by atoms with Crippen LogP contribution in [0.2, 0.25) is 0 Å². The van der Waals surface area contributed by atoms with Gasteiger partial charge in [0.25, 0.3) is 0 Å². The van der Waals surface area contributed by atoms with Gasteiger partial charge in [-0.3, -0.25) is 0 Å². The fraction of sp³-hybridized carbons (Fsp3) is 0.167. The smallest absolute Gasteiger partial charge is 0.416 e. The average Bonchev–Trinajstić information content (AvgIpc) is 3.38. The van der Waals surface area contributed by atoms with Gasteiger partial charge in [0.2, 0.25) is 0 Å². The molecule has 1 aliphatic heterocycles. The molecule has 0 fully saturated rings. The van der Waals surface area contributed by atoms with E-state index in [-0.39, 0.29) is 16.9 Å². The number of hydrogen-bond donors (Lipinski definition) is 0. The Bertz CT molecular complexity index is 2270. The van der Waals surface area contributed by atoms with Gasteiger partial charge < -0.3 is 9.64 Å². The molecular formula is C42H30F6N4O. The van der Waals surface area contributed by atoms with Crippen molar-refractivity contribution < 1.29 is 31.1 Å². The van der Waals surface area contributed by atoms with Gasteiger partial charge in [0.05, 0.1) is 11.1 Å². The van der Waals surface area contributed by atoms with Crippen molar-refractivity contribution in [1.82, 2.24) is 0 Å². The molecule has 53 heavy (non-hydrogen) atoms. The zero-order valence-corrected chi connectivity index (χ0v) is 28.9. The van der Waals surface area contributed by atoms with Gasteiger partial charge in [-0.25, -0.2) is 0 Å². The summed E-state index contributed by atoms with van der Waals surface area (Å²) in [6, 6.07) is 25.8. The van der Waals surface area contributed by atoms with E-state index < -0.39 is 29.1 Å². The van der Waals surface area contributed by atoms with Crippen LogP contribution in [0.15, 0.2) is 113 Å². The molecule has 0 aromatic heterocycles. The summed E-state index contributed by atoms with van der Waals surface area (Å²) in [5, 5.41) is 29.0. The second-order valence-corrected chi connectivity index (χ2v) is 12.8. The van der Waals surface area contributed by atoms with Crippen molar-refractivity contribution >= 4 is 23.9 Å². The Morgan fingerprint density at radius 2 is 1.11 bits per heavy atom. The van der Waals surface area contributed by atoms with Crippen molar-refractivity contribution in [3.63, 3.8) is 0 Å². The highest BCUT2D eigenvalue weighted by Gasteiger charge is 2.39. The Labute approximate surface area is 302 Å². The summed E-state index contributed by atoms with van der Waals surface area (Å²) in [7, 11) is 3.81. The maximum absolute atomic E-state index is 13.5. The van der Waals surface area contributed by atoms with E-state index in [0.717, 1.165) is 35.5 Å². The molecule has 1 heterocycles. The third-order valence-corrected chi connectivity index (χ3v) is 8.63. The first-order valence-electron chi connectivity index (χ1n) is 16.0. The molecular weight excluding hydrogens is 690 g/mol. The highest BCUT2D eigenvalue weighted by atomic mass is 19.4. The second-order valence-electron chi connectivity index (χ2n) is 12.8. The summed E-state index contributed by atoms with van der Waals surface area (Å²) in [5.74, 6) is -0.172. The lowest BCUT2D eigenvalue weighted by Gasteiger charge is -2.21. The molecule has 0 atom stereocenters. The lowest BCUT2D eigenvalue weighted by molar-refractivity contribution is -0.138. The Kier molecular flexibility index (Phi) is 10.4. The molecule has 0 spiro atoms. The van der Waals surface area contributed by atoms with Gasteiger partial charge >= 0.3 is 12.4 Å². The van der Waals surface area contributed by atoms with Crippen molar-refractivity contribution in [3.8, 4) is 40.5 Å². The number of anilines is 1. The van der Waals surface area contributed by atoms with Crippen LogP contribution in [0.4, 0.5) is 32.0 Å². The molecule has 0 bridgehead atoms. The van der Waals surface area contributed by atoms with E-state index in [0.29, 0.717) is 39.0 Å². The van der Waals surface area contributed by atoms with Crippen LogP contribution in [-0.2, 0) is 17.1 Å². The molecule has 5 rings (SSSR count). The predicted octanol–water partition coefficient (Wildman–Crippen LogP) is 11.2. The topological polar surface area (TPSA) is 83.8 Å². The van der Waals surface area contributed by atoms with Crippen LogP contribution in [0.25, 0.3) is 40.5 Å². The zero-order chi connectivity index (χ0) is 38.7. The van der Waals surface area contributed by atoms with Crippen LogP contribution >= 0.6 is 0 Å². The number of halogens is 6. The SMILES string of the molecule is CN(C)c1ccc(/C=C/c2cc(-c3ccc(C(F)(F)F)cc3)c(/C=C/C3=C(C#N)C(=C(C#N)C#N)OC3(C)C)cc2-c2ccc(C(F)(F)F)cc2)cc1. The van der Waals surface area contributed by atoms with Crippen molar-refractivity contribution in [3.05, 3.63) is 141 Å². The van der Waals surface area contributed by atoms with Gasteiger partial charge in [-0.1, -0.05) is 60.7 Å². The average molecular weight is 721 g/mol. The molecule has 0 radical (unpaired) electrons. The lowest BCUT2D eigenvalue weighted by atomic mass is 9.88. The van der Waals surface area contributed by atoms with Crippen molar-refractivity contribution in [2.45, 2.75) is 31.8 Å². The monoisotopic (exact) mass is 720 g/mol. The lowest BCUT2D eigenvalue weighted by Crippen LogP contribution is -2.20. The van der Waals surface area contributed by atoms with Gasteiger partial charge in [0.15, 0.2) is 11.3 Å². The molecule has 4 aromatic carbocycles. The summed E-state index contributed by atoms with van der Waals surface area (Å²) >= 11 is 0. The molecule has 0 unspecified atom stereocenters. The van der Waals surface area contributed by atoms with Gasteiger partial charge in [-0.05, 0) is 101 Å². The summed E-state index contributed by atoms with van der Waals surface area (Å²) < 4.78 is 87.0. The van der Waals surface area contributed by atoms with Gasteiger partial charge in [-0.15, -0.1) is 0 Å². The van der Waals surface area contributed by atoms with Crippen LogP contribution in [0.1, 0.15) is 41.7 Å². The van der Waals surface area contributed by atoms with E-state index in [1.807, 2.05) is 55.4 Å². The van der Waals surface area contributed by atoms with E-state index in [9.17, 15) is 42.1 Å². The third-order valence-electron chi connectivity index (χ3n) is 8.63. The van der Waals surface area contributed by atoms with Crippen molar-refractivity contribution in [2.75, 3.05) is 19.0 Å². The minimum Gasteiger partial charge on any atom is -0.480 e. The number of allylic oxidation sites excluding steroid dienone is 2. The van der Waals surface area contributed by atoms with E-state index in [2.05, 4.69) is 0 Å². The third kappa shape index (κ3) is 8.19. The van der Waals surface area contributed by atoms with Crippen LogP contribution in [0, 0.1) is 34.0 Å². The molecule has 0 amide bonds. The van der Waals surface area contributed by atoms with E-state index in [4.69, 9.17) is 4.74 Å². The number of benzene rings is 4. The van der Waals surface area contributed by atoms with E-state index in [1.54, 1.807) is 56.3 Å². The van der Waals surface area contributed by atoms with Gasteiger partial charge in [0, 0.05) is 25.4 Å². The summed E-state index contributed by atoms with van der Waals surface area (Å²) in [6.45, 7) is 3.29. The van der Waals surface area contributed by atoms with E-state index >= 15 is 0 Å². The van der Waals surface area contributed by atoms with Crippen LogP contribution in [0.5, 0.6) is 0 Å². The standard InChI is InChI=1S/C42H30F6N4O/c1-40(2)38(37(25-51)39(53-40)31(23-49)24-50)20-13-30-22-35(27-9-14-32(15-10-27)41(43,44)45)29(8-5-26-6-18-34(19-7-26)52(3)4)21-36(30)28-11-16-33(17-12-28)42(46,47)48/h5-22H,1-4H3/b8-5+,20-13+. The summed E-state index contributed by atoms with van der Waals surface area (Å²) in [5.41, 5.74) is 1.72. The maximum Gasteiger partial charge on any atom is 0.416 e. The first-order valence-corrected chi connectivity index (χ1v) is 16.0. The molecule has 11 heteroatoms. The first kappa shape index (κ1) is 37.7. The molecule has 266 valence electrons. The number of nitrogens with zero attached hydrogens (tertiary/aromatic N) is 4. The summed E-state index contributed by atoms with van der Waals surface area (Å²) in [6.07, 6.45) is -2.34. The van der Waals surface area contributed by atoms with Crippen LogP contribution in [-0.4, -0.2) is 19.7 Å². The van der Waals surface area contributed by atoms with Crippen LogP contribution < -0.4 is 4.90 Å². The number of nitriles is 3. The molecule has 5 nitrogen and oxygen atoms in total. The minimum absolute atomic E-state index is 0.0387. The normalized spacial score (nSPS) is 14.2. The summed E-state index contributed by atoms with van der Waals surface area (Å²) in [4.78, 5) is 1.94. The van der Waals surface area contributed by atoms with Gasteiger partial charge in [-0.2, -0.15) is 42.1 Å². The number of rotatable bonds is 7. The second kappa shape index (κ2) is 14.6. The number of hydrogen-bond acceptors (Lipinski definition) is 5. The number of ether oxygens (including phenoxy) is 1. The van der Waals surface area contributed by atoms with E-state index in [1.165, 1.54) is 24.3 Å². The first-order chi connectivity index (χ1) is 25.0. The minimum atomic E-state index is -4.57. The molecule has 0 saturated heterocycles. The highest BCUT2D eigenvalue weighted by Crippen LogP contribution is 2.42. The largest absolute Gasteiger partial charge is 0.480 e. The molecule has 0 N–H and O–H groups in total. The quantitative estimate of drug-likeness (QED) is 0.108. The fourth-order valence-corrected chi connectivity index (χ4v) is 5.81. The van der Waals surface area contributed by atoms with Gasteiger partial charge in [0.1, 0.15) is 29.4 Å². The predicted molar refractivity (Wildman–Crippen MR) is 192 cm³/mol. The maximum atomic E-state index is 13.5. The van der Waals surface area contributed by atoms with Crippen LogP contribution in [0.3, 0.4) is 0 Å².